The maximum atomic E-state index is 10.8. The summed E-state index contributed by atoms with van der Waals surface area (Å²) >= 11 is 0. The standard InChI is InChI=1S/C16H23NO/c1-11(2)13-9-16(18,10-13)15-14-6-4-3-5-12(14)7-8-17-15/h3-6,11,13,15,17-18H,7-10H2,1-2H3. The summed E-state index contributed by atoms with van der Waals surface area (Å²) < 4.78 is 0. The summed E-state index contributed by atoms with van der Waals surface area (Å²) in [6.45, 7) is 5.50. The van der Waals surface area contributed by atoms with Crippen LogP contribution in [0, 0.1) is 11.8 Å². The lowest BCUT2D eigenvalue weighted by atomic mass is 9.61. The molecule has 1 aromatic carbocycles. The van der Waals surface area contributed by atoms with Crippen molar-refractivity contribution in [3.63, 3.8) is 0 Å². The van der Waals surface area contributed by atoms with Crippen LogP contribution in [-0.4, -0.2) is 17.3 Å². The molecular weight excluding hydrogens is 222 g/mol. The van der Waals surface area contributed by atoms with E-state index in [2.05, 4.69) is 43.4 Å². The van der Waals surface area contributed by atoms with Crippen molar-refractivity contribution < 1.29 is 5.11 Å². The van der Waals surface area contributed by atoms with E-state index in [-0.39, 0.29) is 6.04 Å². The van der Waals surface area contributed by atoms with Crippen LogP contribution in [0.2, 0.25) is 0 Å². The normalized spacial score (nSPS) is 35.1. The van der Waals surface area contributed by atoms with E-state index in [1.165, 1.54) is 11.1 Å². The predicted octanol–water partition coefficient (Wildman–Crippen LogP) is 2.67. The highest BCUT2D eigenvalue weighted by Gasteiger charge is 2.50. The zero-order valence-electron chi connectivity index (χ0n) is 11.3. The molecule has 1 atom stereocenters. The SMILES string of the molecule is CC(C)C1CC(O)(C2NCCc3ccccc32)C1. The molecule has 1 fully saturated rings. The Kier molecular flexibility index (Phi) is 2.95. The molecule has 2 nitrogen and oxygen atoms in total. The molecule has 0 spiro atoms. The fraction of sp³-hybridized carbons (Fsp3) is 0.625. The lowest BCUT2D eigenvalue weighted by Crippen LogP contribution is -2.55. The number of benzene rings is 1. The minimum absolute atomic E-state index is 0.137. The van der Waals surface area contributed by atoms with Gasteiger partial charge in [0, 0.05) is 0 Å². The van der Waals surface area contributed by atoms with Gasteiger partial charge in [0.1, 0.15) is 0 Å². The van der Waals surface area contributed by atoms with E-state index in [1.807, 2.05) is 0 Å². The molecule has 0 saturated heterocycles. The van der Waals surface area contributed by atoms with Crippen molar-refractivity contribution in [2.45, 2.75) is 44.8 Å². The van der Waals surface area contributed by atoms with Gasteiger partial charge in [-0.25, -0.2) is 0 Å². The van der Waals surface area contributed by atoms with Crippen molar-refractivity contribution >= 4 is 0 Å². The molecule has 2 N–H and O–H groups in total. The Morgan fingerprint density at radius 1 is 1.28 bits per heavy atom. The third-order valence-corrected chi connectivity index (χ3v) is 4.82. The Morgan fingerprint density at radius 2 is 2.00 bits per heavy atom. The van der Waals surface area contributed by atoms with Gasteiger partial charge in [0.15, 0.2) is 0 Å². The molecule has 1 aromatic rings. The summed E-state index contributed by atoms with van der Waals surface area (Å²) in [6.07, 6.45) is 2.96. The summed E-state index contributed by atoms with van der Waals surface area (Å²) in [7, 11) is 0. The highest BCUT2D eigenvalue weighted by Crippen LogP contribution is 2.49. The summed E-state index contributed by atoms with van der Waals surface area (Å²) in [5, 5.41) is 14.4. The van der Waals surface area contributed by atoms with Crippen LogP contribution in [0.15, 0.2) is 24.3 Å². The Balaban J connectivity index is 1.83. The summed E-state index contributed by atoms with van der Waals surface area (Å²) in [4.78, 5) is 0. The van der Waals surface area contributed by atoms with Crippen molar-refractivity contribution in [2.75, 3.05) is 6.54 Å². The second-order valence-corrected chi connectivity index (χ2v) is 6.35. The molecule has 1 aliphatic heterocycles. The van der Waals surface area contributed by atoms with Crippen LogP contribution in [-0.2, 0) is 6.42 Å². The van der Waals surface area contributed by atoms with Crippen LogP contribution in [0.5, 0.6) is 0 Å². The van der Waals surface area contributed by atoms with E-state index < -0.39 is 5.60 Å². The van der Waals surface area contributed by atoms with E-state index >= 15 is 0 Å². The van der Waals surface area contributed by atoms with Gasteiger partial charge in [-0.15, -0.1) is 0 Å². The third-order valence-electron chi connectivity index (χ3n) is 4.82. The molecule has 2 heteroatoms. The van der Waals surface area contributed by atoms with Gasteiger partial charge >= 0.3 is 0 Å². The highest BCUT2D eigenvalue weighted by atomic mass is 16.3. The molecule has 1 heterocycles. The van der Waals surface area contributed by atoms with E-state index in [0.29, 0.717) is 11.8 Å². The van der Waals surface area contributed by atoms with E-state index in [0.717, 1.165) is 25.8 Å². The molecule has 0 amide bonds. The molecule has 1 saturated carbocycles. The van der Waals surface area contributed by atoms with E-state index in [4.69, 9.17) is 0 Å². The number of rotatable bonds is 2. The first-order chi connectivity index (χ1) is 8.60. The van der Waals surface area contributed by atoms with Gasteiger partial charge in [-0.3, -0.25) is 0 Å². The topological polar surface area (TPSA) is 32.3 Å². The minimum Gasteiger partial charge on any atom is -0.388 e. The van der Waals surface area contributed by atoms with Crippen molar-refractivity contribution in [3.05, 3.63) is 35.4 Å². The van der Waals surface area contributed by atoms with Crippen LogP contribution in [0.4, 0.5) is 0 Å². The first-order valence-electron chi connectivity index (χ1n) is 7.14. The largest absolute Gasteiger partial charge is 0.388 e. The zero-order valence-corrected chi connectivity index (χ0v) is 11.3. The number of hydrogen-bond donors (Lipinski definition) is 2. The average Bonchev–Trinajstić information content (AvgIpc) is 2.34. The second-order valence-electron chi connectivity index (χ2n) is 6.35. The summed E-state index contributed by atoms with van der Waals surface area (Å²) in [6, 6.07) is 8.69. The predicted molar refractivity (Wildman–Crippen MR) is 73.4 cm³/mol. The quantitative estimate of drug-likeness (QED) is 0.839. The zero-order chi connectivity index (χ0) is 12.8. The van der Waals surface area contributed by atoms with Gasteiger partial charge in [-0.2, -0.15) is 0 Å². The molecule has 0 radical (unpaired) electrons. The summed E-state index contributed by atoms with van der Waals surface area (Å²) in [5.41, 5.74) is 2.20. The van der Waals surface area contributed by atoms with Crippen LogP contribution < -0.4 is 5.32 Å². The van der Waals surface area contributed by atoms with E-state index in [9.17, 15) is 5.11 Å². The van der Waals surface area contributed by atoms with Crippen LogP contribution >= 0.6 is 0 Å². The van der Waals surface area contributed by atoms with Gasteiger partial charge in [-0.05, 0) is 48.8 Å². The van der Waals surface area contributed by atoms with Crippen LogP contribution in [0.25, 0.3) is 0 Å². The highest BCUT2D eigenvalue weighted by molar-refractivity contribution is 5.35. The minimum atomic E-state index is -0.522. The molecular formula is C16H23NO. The van der Waals surface area contributed by atoms with Gasteiger partial charge in [0.05, 0.1) is 11.6 Å². The Bertz CT molecular complexity index is 434. The first kappa shape index (κ1) is 12.2. The smallest absolute Gasteiger partial charge is 0.0847 e. The molecule has 1 aliphatic carbocycles. The van der Waals surface area contributed by atoms with Crippen molar-refractivity contribution in [2.24, 2.45) is 11.8 Å². The van der Waals surface area contributed by atoms with Crippen LogP contribution in [0.3, 0.4) is 0 Å². The number of nitrogens with one attached hydrogen (secondary N) is 1. The molecule has 2 aliphatic rings. The molecule has 1 unspecified atom stereocenters. The average molecular weight is 245 g/mol. The fourth-order valence-corrected chi connectivity index (χ4v) is 3.54. The number of aliphatic hydroxyl groups is 1. The summed E-state index contributed by atoms with van der Waals surface area (Å²) in [5.74, 6) is 1.37. The second kappa shape index (κ2) is 4.36. The lowest BCUT2D eigenvalue weighted by molar-refractivity contribution is -0.115. The number of hydrogen-bond acceptors (Lipinski definition) is 2. The molecule has 98 valence electrons. The van der Waals surface area contributed by atoms with Crippen molar-refractivity contribution in [1.82, 2.24) is 5.32 Å². The third kappa shape index (κ3) is 1.88. The van der Waals surface area contributed by atoms with Gasteiger partial charge in [0.25, 0.3) is 0 Å². The lowest BCUT2D eigenvalue weighted by Gasteiger charge is -2.51. The maximum Gasteiger partial charge on any atom is 0.0847 e. The number of fused-ring (bicyclic) bond motifs is 1. The fourth-order valence-electron chi connectivity index (χ4n) is 3.54. The van der Waals surface area contributed by atoms with Crippen LogP contribution in [0.1, 0.15) is 43.9 Å². The molecule has 0 bridgehead atoms. The van der Waals surface area contributed by atoms with Gasteiger partial charge < -0.3 is 10.4 Å². The van der Waals surface area contributed by atoms with E-state index in [1.54, 1.807) is 0 Å². The van der Waals surface area contributed by atoms with Gasteiger partial charge in [-0.1, -0.05) is 38.1 Å². The monoisotopic (exact) mass is 245 g/mol. The molecule has 0 aromatic heterocycles. The molecule has 3 rings (SSSR count). The Labute approximate surface area is 109 Å². The Morgan fingerprint density at radius 3 is 2.72 bits per heavy atom. The van der Waals surface area contributed by atoms with Gasteiger partial charge in [0.2, 0.25) is 0 Å². The molecule has 18 heavy (non-hydrogen) atoms. The maximum absolute atomic E-state index is 10.8. The first-order valence-corrected chi connectivity index (χ1v) is 7.14. The Hall–Kier alpha value is -0.860. The van der Waals surface area contributed by atoms with Crippen molar-refractivity contribution in [3.8, 4) is 0 Å². The van der Waals surface area contributed by atoms with Crippen molar-refractivity contribution in [1.29, 1.82) is 0 Å².